The van der Waals surface area contributed by atoms with Crippen LogP contribution in [0.1, 0.15) is 29.9 Å². The van der Waals surface area contributed by atoms with Crippen molar-refractivity contribution >= 4 is 11.5 Å². The summed E-state index contributed by atoms with van der Waals surface area (Å²) in [6, 6.07) is 8.98. The quantitative estimate of drug-likeness (QED) is 0.471. The zero-order chi connectivity index (χ0) is 18.5. The number of hydrogen-bond acceptors (Lipinski definition) is 5. The normalized spacial score (nSPS) is 13.8. The summed E-state index contributed by atoms with van der Waals surface area (Å²) >= 11 is 0. The van der Waals surface area contributed by atoms with Crippen LogP contribution in [0.4, 0.5) is 11.5 Å². The number of piperidine rings is 1. The third kappa shape index (κ3) is 4.25. The molecule has 1 aliphatic heterocycles. The second-order valence-electron chi connectivity index (χ2n) is 6.28. The lowest BCUT2D eigenvalue weighted by Crippen LogP contribution is -2.32. The number of nitro groups is 1. The Labute approximate surface area is 152 Å². The van der Waals surface area contributed by atoms with Crippen molar-refractivity contribution in [3.05, 3.63) is 69.2 Å². The number of pyridine rings is 2. The molecule has 0 unspecified atom stereocenters. The second-order valence-corrected chi connectivity index (χ2v) is 6.28. The maximum Gasteiger partial charge on any atom is 0.311 e. The Balaban J connectivity index is 1.68. The van der Waals surface area contributed by atoms with Gasteiger partial charge in [-0.25, -0.2) is 9.97 Å². The summed E-state index contributed by atoms with van der Waals surface area (Å²) < 4.78 is 0. The van der Waals surface area contributed by atoms with Crippen molar-refractivity contribution in [2.24, 2.45) is 0 Å². The molecule has 26 heavy (non-hydrogen) atoms. The van der Waals surface area contributed by atoms with Gasteiger partial charge in [-0.1, -0.05) is 17.6 Å². The third-order valence-electron chi connectivity index (χ3n) is 4.26. The summed E-state index contributed by atoms with van der Waals surface area (Å²) in [4.78, 5) is 21.6. The van der Waals surface area contributed by atoms with E-state index in [0.29, 0.717) is 18.9 Å². The highest BCUT2D eigenvalue weighted by atomic mass is 16.6. The van der Waals surface area contributed by atoms with E-state index in [1.165, 1.54) is 11.6 Å². The van der Waals surface area contributed by atoms with Gasteiger partial charge < -0.3 is 4.90 Å². The van der Waals surface area contributed by atoms with Crippen molar-refractivity contribution in [2.75, 3.05) is 18.0 Å². The molecule has 0 N–H and O–H groups in total. The average molecular weight is 348 g/mol. The molecule has 0 spiro atoms. The number of hydrogen-bond donors (Lipinski definition) is 0. The number of aryl methyl sites for hydroxylation is 2. The fraction of sp³-hybridized carbons (Fsp3) is 0.300. The monoisotopic (exact) mass is 348 g/mol. The van der Waals surface area contributed by atoms with Gasteiger partial charge in [0.25, 0.3) is 0 Å². The molecule has 6 nitrogen and oxygen atoms in total. The fourth-order valence-electron chi connectivity index (χ4n) is 2.89. The Morgan fingerprint density at radius 3 is 2.54 bits per heavy atom. The maximum atomic E-state index is 11.2. The van der Waals surface area contributed by atoms with Crippen molar-refractivity contribution in [1.29, 1.82) is 0 Å². The average Bonchev–Trinajstić information content (AvgIpc) is 2.62. The van der Waals surface area contributed by atoms with Gasteiger partial charge in [0.05, 0.1) is 4.92 Å². The van der Waals surface area contributed by atoms with Crippen molar-refractivity contribution < 1.29 is 4.92 Å². The van der Waals surface area contributed by atoms with Gasteiger partial charge in [-0.15, -0.1) is 0 Å². The van der Waals surface area contributed by atoms with E-state index in [1.54, 1.807) is 6.07 Å². The van der Waals surface area contributed by atoms with Crippen LogP contribution in [0.5, 0.6) is 0 Å². The van der Waals surface area contributed by atoms with Gasteiger partial charge in [-0.2, -0.15) is 0 Å². The molecule has 1 fully saturated rings. The first-order valence-corrected chi connectivity index (χ1v) is 8.53. The van der Waals surface area contributed by atoms with Crippen LogP contribution < -0.4 is 4.90 Å². The Morgan fingerprint density at radius 2 is 1.85 bits per heavy atom. The van der Waals surface area contributed by atoms with Gasteiger partial charge in [0.1, 0.15) is 5.69 Å². The van der Waals surface area contributed by atoms with Crippen LogP contribution in [0.25, 0.3) is 0 Å². The zero-order valence-electron chi connectivity index (χ0n) is 14.9. The molecule has 0 amide bonds. The second kappa shape index (κ2) is 7.79. The van der Waals surface area contributed by atoms with Crippen LogP contribution in [-0.2, 0) is 0 Å². The lowest BCUT2D eigenvalue weighted by Gasteiger charge is -2.28. The van der Waals surface area contributed by atoms with Crippen molar-refractivity contribution in [3.8, 4) is 11.8 Å². The van der Waals surface area contributed by atoms with Crippen LogP contribution in [0.3, 0.4) is 0 Å². The van der Waals surface area contributed by atoms with Gasteiger partial charge in [0.15, 0.2) is 0 Å². The lowest BCUT2D eigenvalue weighted by atomic mass is 10.0. The third-order valence-corrected chi connectivity index (χ3v) is 4.26. The van der Waals surface area contributed by atoms with Crippen LogP contribution in [0, 0.1) is 35.8 Å². The van der Waals surface area contributed by atoms with Crippen LogP contribution in [0.2, 0.25) is 0 Å². The maximum absolute atomic E-state index is 11.2. The summed E-state index contributed by atoms with van der Waals surface area (Å²) in [5, 5.41) is 11.2. The van der Waals surface area contributed by atoms with Gasteiger partial charge in [0.2, 0.25) is 5.82 Å². The molecule has 3 rings (SSSR count). The van der Waals surface area contributed by atoms with E-state index in [0.717, 1.165) is 29.9 Å². The fourth-order valence-corrected chi connectivity index (χ4v) is 2.89. The van der Waals surface area contributed by atoms with E-state index < -0.39 is 0 Å². The number of allylic oxidation sites excluding steroid dienone is 1. The van der Waals surface area contributed by atoms with Crippen molar-refractivity contribution in [2.45, 2.75) is 26.7 Å². The van der Waals surface area contributed by atoms with E-state index in [4.69, 9.17) is 0 Å². The highest BCUT2D eigenvalue weighted by Gasteiger charge is 2.23. The lowest BCUT2D eigenvalue weighted by molar-refractivity contribution is -0.384. The molecule has 6 heteroatoms. The minimum atomic E-state index is -0.368. The van der Waals surface area contributed by atoms with Crippen LogP contribution in [-0.4, -0.2) is 28.0 Å². The molecule has 0 radical (unpaired) electrons. The van der Waals surface area contributed by atoms with E-state index in [-0.39, 0.29) is 10.6 Å². The molecular weight excluding hydrogens is 328 g/mol. The smallest absolute Gasteiger partial charge is 0.311 e. The van der Waals surface area contributed by atoms with Gasteiger partial charge in [0, 0.05) is 30.5 Å². The van der Waals surface area contributed by atoms with E-state index >= 15 is 0 Å². The SMILES string of the molecule is Cc1cccc(C#CC=C2CCN(c3nc(C)ccc3[N+](=O)[O-])CC2)n1. The molecular formula is C20H20N4O2. The first kappa shape index (κ1) is 17.6. The molecule has 0 atom stereocenters. The van der Waals surface area contributed by atoms with E-state index in [2.05, 4.69) is 21.8 Å². The number of nitrogens with zero attached hydrogens (tertiary/aromatic N) is 4. The molecule has 3 heterocycles. The molecule has 2 aromatic heterocycles. The van der Waals surface area contributed by atoms with Gasteiger partial charge >= 0.3 is 5.69 Å². The molecule has 0 bridgehead atoms. The van der Waals surface area contributed by atoms with Crippen molar-refractivity contribution in [3.63, 3.8) is 0 Å². The Hall–Kier alpha value is -3.20. The Kier molecular flexibility index (Phi) is 5.28. The number of aromatic nitrogens is 2. The van der Waals surface area contributed by atoms with E-state index in [1.807, 2.05) is 43.0 Å². The number of anilines is 1. The predicted molar refractivity (Wildman–Crippen MR) is 101 cm³/mol. The standard InChI is InChI=1S/C20H20N4O2/c1-15-5-3-7-18(21-15)8-4-6-17-11-13-23(14-12-17)20-19(24(25)26)10-9-16(2)22-20/h3,5-7,9-10H,11-14H2,1-2H3. The first-order chi connectivity index (χ1) is 12.5. The summed E-state index contributed by atoms with van der Waals surface area (Å²) in [6.45, 7) is 5.19. The Bertz CT molecular complexity index is 915. The van der Waals surface area contributed by atoms with Crippen molar-refractivity contribution in [1.82, 2.24) is 9.97 Å². The molecule has 1 saturated heterocycles. The predicted octanol–water partition coefficient (Wildman–Crippen LogP) is 3.58. The first-order valence-electron chi connectivity index (χ1n) is 8.53. The minimum Gasteiger partial charge on any atom is -0.350 e. The molecule has 2 aromatic rings. The topological polar surface area (TPSA) is 72.2 Å². The van der Waals surface area contributed by atoms with Crippen LogP contribution >= 0.6 is 0 Å². The molecule has 0 saturated carbocycles. The highest BCUT2D eigenvalue weighted by molar-refractivity contribution is 5.58. The zero-order valence-corrected chi connectivity index (χ0v) is 14.9. The molecule has 1 aliphatic rings. The largest absolute Gasteiger partial charge is 0.350 e. The minimum absolute atomic E-state index is 0.0633. The van der Waals surface area contributed by atoms with Crippen LogP contribution in [0.15, 0.2) is 42.0 Å². The van der Waals surface area contributed by atoms with Gasteiger partial charge in [-0.3, -0.25) is 10.1 Å². The number of rotatable bonds is 2. The summed E-state index contributed by atoms with van der Waals surface area (Å²) in [7, 11) is 0. The van der Waals surface area contributed by atoms with Gasteiger partial charge in [-0.05, 0) is 56.9 Å². The molecule has 132 valence electrons. The molecule has 0 aliphatic carbocycles. The Morgan fingerprint density at radius 1 is 1.12 bits per heavy atom. The molecule has 0 aromatic carbocycles. The summed E-state index contributed by atoms with van der Waals surface area (Å²) in [5.74, 6) is 6.59. The van der Waals surface area contributed by atoms with E-state index in [9.17, 15) is 10.1 Å². The summed E-state index contributed by atoms with van der Waals surface area (Å²) in [6.07, 6.45) is 3.59. The highest BCUT2D eigenvalue weighted by Crippen LogP contribution is 2.29. The summed E-state index contributed by atoms with van der Waals surface area (Å²) in [5.41, 5.74) is 3.80.